The van der Waals surface area contributed by atoms with Gasteiger partial charge in [0, 0.05) is 17.6 Å². The zero-order valence-electron chi connectivity index (χ0n) is 14.0. The molecule has 2 aromatic rings. The van der Waals surface area contributed by atoms with Crippen LogP contribution in [0.5, 0.6) is 0 Å². The largest absolute Gasteiger partial charge is 0.480 e. The van der Waals surface area contributed by atoms with Gasteiger partial charge in [0.1, 0.15) is 0 Å². The lowest BCUT2D eigenvalue weighted by Gasteiger charge is -2.42. The normalized spacial score (nSPS) is 19.4. The number of rotatable bonds is 7. The maximum atomic E-state index is 12.3. The minimum atomic E-state index is -0.818. The van der Waals surface area contributed by atoms with Crippen molar-refractivity contribution >= 4 is 11.9 Å². The number of amides is 1. The summed E-state index contributed by atoms with van der Waals surface area (Å²) in [7, 11) is 0. The van der Waals surface area contributed by atoms with Crippen molar-refractivity contribution in [1.29, 1.82) is 0 Å². The number of carboxylic acid groups (broad SMARTS) is 1. The number of hydrogen-bond donors (Lipinski definition) is 2. The molecule has 0 unspecified atom stereocenters. The Labute approximate surface area is 145 Å². The highest BCUT2D eigenvalue weighted by molar-refractivity contribution is 5.94. The lowest BCUT2D eigenvalue weighted by atomic mass is 9.85. The number of aliphatic carboxylic acids is 1. The van der Waals surface area contributed by atoms with Crippen LogP contribution in [-0.4, -0.2) is 62.0 Å². The highest BCUT2D eigenvalue weighted by atomic mass is 16.4. The maximum absolute atomic E-state index is 12.3. The second-order valence-corrected chi connectivity index (χ2v) is 6.15. The predicted octanol–water partition coefficient (Wildman–Crippen LogP) is 0.935. The SMILES string of the molecule is CCN(CC(=O)O)C1CC(NC(=O)c2ccc(-n3ccnn3)cc2)C1. The van der Waals surface area contributed by atoms with Crippen LogP contribution in [0, 0.1) is 0 Å². The minimum absolute atomic E-state index is 0.0472. The summed E-state index contributed by atoms with van der Waals surface area (Å²) >= 11 is 0. The van der Waals surface area contributed by atoms with E-state index in [0.29, 0.717) is 12.1 Å². The van der Waals surface area contributed by atoms with Gasteiger partial charge in [-0.25, -0.2) is 4.68 Å². The number of likely N-dealkylation sites (N-methyl/N-ethyl adjacent to an activating group) is 1. The Hall–Kier alpha value is -2.74. The van der Waals surface area contributed by atoms with E-state index in [-0.39, 0.29) is 24.5 Å². The molecule has 1 saturated carbocycles. The molecular weight excluding hydrogens is 322 g/mol. The molecule has 1 amide bonds. The van der Waals surface area contributed by atoms with E-state index in [9.17, 15) is 9.59 Å². The lowest BCUT2D eigenvalue weighted by molar-refractivity contribution is -0.139. The molecule has 3 rings (SSSR count). The molecule has 1 aromatic heterocycles. The van der Waals surface area contributed by atoms with Gasteiger partial charge in [-0.3, -0.25) is 14.5 Å². The Morgan fingerprint density at radius 3 is 2.60 bits per heavy atom. The Kier molecular flexibility index (Phi) is 5.08. The highest BCUT2D eigenvalue weighted by Crippen LogP contribution is 2.26. The van der Waals surface area contributed by atoms with Crippen LogP contribution in [0.15, 0.2) is 36.7 Å². The van der Waals surface area contributed by atoms with E-state index in [1.807, 2.05) is 24.0 Å². The number of aromatic nitrogens is 3. The average Bonchev–Trinajstić information content (AvgIpc) is 3.10. The number of nitrogens with zero attached hydrogens (tertiary/aromatic N) is 4. The molecule has 1 aromatic carbocycles. The minimum Gasteiger partial charge on any atom is -0.480 e. The maximum Gasteiger partial charge on any atom is 0.317 e. The van der Waals surface area contributed by atoms with Crippen LogP contribution in [0.1, 0.15) is 30.1 Å². The summed E-state index contributed by atoms with van der Waals surface area (Å²) in [6, 6.07) is 7.46. The van der Waals surface area contributed by atoms with Crippen LogP contribution in [0.2, 0.25) is 0 Å². The van der Waals surface area contributed by atoms with E-state index in [4.69, 9.17) is 5.11 Å². The Balaban J connectivity index is 1.51. The third-order valence-corrected chi connectivity index (χ3v) is 4.53. The molecule has 0 radical (unpaired) electrons. The van der Waals surface area contributed by atoms with E-state index >= 15 is 0 Å². The number of nitrogens with one attached hydrogen (secondary N) is 1. The van der Waals surface area contributed by atoms with Gasteiger partial charge in [0.2, 0.25) is 0 Å². The summed E-state index contributed by atoms with van der Waals surface area (Å²) in [5.41, 5.74) is 1.43. The smallest absolute Gasteiger partial charge is 0.317 e. The molecule has 1 aliphatic carbocycles. The third-order valence-electron chi connectivity index (χ3n) is 4.53. The molecule has 8 heteroatoms. The summed E-state index contributed by atoms with van der Waals surface area (Å²) in [6.07, 6.45) is 4.89. The molecule has 0 atom stereocenters. The summed E-state index contributed by atoms with van der Waals surface area (Å²) in [5, 5.41) is 19.6. The van der Waals surface area contributed by atoms with Gasteiger partial charge in [-0.15, -0.1) is 5.10 Å². The van der Waals surface area contributed by atoms with Gasteiger partial charge in [0.15, 0.2) is 0 Å². The molecule has 0 bridgehead atoms. The van der Waals surface area contributed by atoms with E-state index in [2.05, 4.69) is 15.6 Å². The molecule has 0 saturated heterocycles. The van der Waals surface area contributed by atoms with E-state index in [0.717, 1.165) is 18.5 Å². The quantitative estimate of drug-likeness (QED) is 0.776. The molecule has 2 N–H and O–H groups in total. The predicted molar refractivity (Wildman–Crippen MR) is 90.5 cm³/mol. The molecule has 0 aliphatic heterocycles. The number of carbonyl (C=O) groups is 2. The van der Waals surface area contributed by atoms with Crippen LogP contribution in [0.25, 0.3) is 5.69 Å². The summed E-state index contributed by atoms with van der Waals surface area (Å²) in [4.78, 5) is 25.1. The van der Waals surface area contributed by atoms with Crippen molar-refractivity contribution in [2.45, 2.75) is 31.8 Å². The van der Waals surface area contributed by atoms with Gasteiger partial charge < -0.3 is 10.4 Å². The van der Waals surface area contributed by atoms with Gasteiger partial charge in [-0.1, -0.05) is 12.1 Å². The zero-order chi connectivity index (χ0) is 17.8. The fraction of sp³-hybridized carbons (Fsp3) is 0.412. The van der Waals surface area contributed by atoms with Crippen LogP contribution in [-0.2, 0) is 4.79 Å². The second-order valence-electron chi connectivity index (χ2n) is 6.15. The molecule has 0 spiro atoms. The first-order valence-electron chi connectivity index (χ1n) is 8.30. The Bertz CT molecular complexity index is 723. The Morgan fingerprint density at radius 1 is 1.32 bits per heavy atom. The summed E-state index contributed by atoms with van der Waals surface area (Å²) in [6.45, 7) is 2.69. The van der Waals surface area contributed by atoms with E-state index in [1.54, 1.807) is 29.2 Å². The van der Waals surface area contributed by atoms with Crippen molar-refractivity contribution < 1.29 is 14.7 Å². The van der Waals surface area contributed by atoms with Gasteiger partial charge >= 0.3 is 5.97 Å². The third kappa shape index (κ3) is 4.03. The van der Waals surface area contributed by atoms with Crippen LogP contribution in [0.4, 0.5) is 0 Å². The van der Waals surface area contributed by atoms with Crippen LogP contribution < -0.4 is 5.32 Å². The van der Waals surface area contributed by atoms with Gasteiger partial charge in [0.05, 0.1) is 24.6 Å². The second kappa shape index (κ2) is 7.43. The number of hydrogen-bond acceptors (Lipinski definition) is 5. The molecule has 8 nitrogen and oxygen atoms in total. The van der Waals surface area contributed by atoms with E-state index in [1.165, 1.54) is 0 Å². The molecule has 1 fully saturated rings. The van der Waals surface area contributed by atoms with Crippen molar-refractivity contribution in [3.8, 4) is 5.69 Å². The lowest BCUT2D eigenvalue weighted by Crippen LogP contribution is -2.54. The number of carbonyl (C=O) groups excluding carboxylic acids is 1. The van der Waals surface area contributed by atoms with Gasteiger partial charge in [0.25, 0.3) is 5.91 Å². The fourth-order valence-electron chi connectivity index (χ4n) is 3.06. The first-order chi connectivity index (χ1) is 12.1. The van der Waals surface area contributed by atoms with Crippen LogP contribution in [0.3, 0.4) is 0 Å². The first kappa shape index (κ1) is 17.1. The van der Waals surface area contributed by atoms with Gasteiger partial charge in [-0.2, -0.15) is 0 Å². The number of benzene rings is 1. The molecule has 25 heavy (non-hydrogen) atoms. The number of carboxylic acids is 1. The topological polar surface area (TPSA) is 100 Å². The zero-order valence-corrected chi connectivity index (χ0v) is 14.0. The van der Waals surface area contributed by atoms with E-state index < -0.39 is 5.97 Å². The Morgan fingerprint density at radius 2 is 2.04 bits per heavy atom. The van der Waals surface area contributed by atoms with Crippen molar-refractivity contribution in [3.05, 3.63) is 42.2 Å². The fourth-order valence-corrected chi connectivity index (χ4v) is 3.06. The van der Waals surface area contributed by atoms with Crippen molar-refractivity contribution in [1.82, 2.24) is 25.2 Å². The summed E-state index contributed by atoms with van der Waals surface area (Å²) < 4.78 is 1.62. The monoisotopic (exact) mass is 343 g/mol. The summed E-state index contributed by atoms with van der Waals surface area (Å²) in [5.74, 6) is -0.934. The molecule has 1 heterocycles. The van der Waals surface area contributed by atoms with Gasteiger partial charge in [-0.05, 0) is 43.7 Å². The van der Waals surface area contributed by atoms with Crippen LogP contribution >= 0.6 is 0 Å². The molecule has 132 valence electrons. The molecular formula is C17H21N5O3. The van der Waals surface area contributed by atoms with Crippen molar-refractivity contribution in [2.75, 3.05) is 13.1 Å². The molecule has 1 aliphatic rings. The van der Waals surface area contributed by atoms with Crippen molar-refractivity contribution in [3.63, 3.8) is 0 Å². The standard InChI is InChI=1S/C17H21N5O3/c1-2-21(11-16(23)24)15-9-13(10-15)19-17(25)12-3-5-14(6-4-12)22-8-7-18-20-22/h3-8,13,15H,2,9-11H2,1H3,(H,19,25)(H,23,24). The highest BCUT2D eigenvalue weighted by Gasteiger charge is 2.34. The first-order valence-corrected chi connectivity index (χ1v) is 8.30. The van der Waals surface area contributed by atoms with Crippen molar-refractivity contribution in [2.24, 2.45) is 0 Å². The average molecular weight is 343 g/mol.